The van der Waals surface area contributed by atoms with Crippen molar-refractivity contribution in [2.45, 2.75) is 38.3 Å². The fraction of sp³-hybridized carbons (Fsp3) is 0.304. The molecule has 1 aliphatic rings. The van der Waals surface area contributed by atoms with Gasteiger partial charge in [0.1, 0.15) is 11.6 Å². The molecule has 150 valence electrons. The molecule has 1 aromatic heterocycles. The number of hydrogen-bond acceptors (Lipinski definition) is 3. The molecule has 29 heavy (non-hydrogen) atoms. The minimum atomic E-state index is -0.353. The maximum atomic E-state index is 13.2. The highest BCUT2D eigenvalue weighted by molar-refractivity contribution is 5.76. The lowest BCUT2D eigenvalue weighted by Gasteiger charge is -2.24. The predicted octanol–water partition coefficient (Wildman–Crippen LogP) is 4.03. The van der Waals surface area contributed by atoms with Crippen molar-refractivity contribution in [3.05, 3.63) is 83.4 Å². The fourth-order valence-electron chi connectivity index (χ4n) is 3.75. The van der Waals surface area contributed by atoms with Gasteiger partial charge in [-0.1, -0.05) is 36.4 Å². The van der Waals surface area contributed by atoms with E-state index in [0.717, 1.165) is 31.4 Å². The minimum absolute atomic E-state index is 0.0232. The molecule has 0 bridgehead atoms. The number of hydrogen-bond donors (Lipinski definition) is 1. The van der Waals surface area contributed by atoms with Gasteiger partial charge in [0.25, 0.3) is 0 Å². The Morgan fingerprint density at radius 1 is 1.21 bits per heavy atom. The van der Waals surface area contributed by atoms with Crippen molar-refractivity contribution < 1.29 is 13.9 Å². The molecule has 5 nitrogen and oxygen atoms in total. The molecule has 0 unspecified atom stereocenters. The number of benzene rings is 2. The lowest BCUT2D eigenvalue weighted by atomic mass is 9.92. The van der Waals surface area contributed by atoms with Crippen LogP contribution in [0.2, 0.25) is 0 Å². The summed E-state index contributed by atoms with van der Waals surface area (Å²) in [5.74, 6) is 0.00389. The minimum Gasteiger partial charge on any atom is -0.493 e. The van der Waals surface area contributed by atoms with E-state index < -0.39 is 0 Å². The number of rotatable bonds is 7. The number of carbonyl (C=O) groups is 1. The molecule has 1 heterocycles. The number of fused-ring (bicyclic) bond motifs is 1. The summed E-state index contributed by atoms with van der Waals surface area (Å²) < 4.78 is 20.7. The van der Waals surface area contributed by atoms with Crippen LogP contribution < -0.4 is 10.1 Å². The average molecular weight is 393 g/mol. The second-order valence-corrected chi connectivity index (χ2v) is 7.26. The topological polar surface area (TPSA) is 56.1 Å². The van der Waals surface area contributed by atoms with E-state index in [1.165, 1.54) is 23.4 Å². The lowest BCUT2D eigenvalue weighted by Crippen LogP contribution is -2.31. The van der Waals surface area contributed by atoms with Gasteiger partial charge in [0.15, 0.2) is 0 Å². The van der Waals surface area contributed by atoms with Crippen molar-refractivity contribution in [2.24, 2.45) is 0 Å². The molecule has 1 amide bonds. The van der Waals surface area contributed by atoms with Gasteiger partial charge in [-0.3, -0.25) is 9.48 Å². The van der Waals surface area contributed by atoms with Crippen molar-refractivity contribution in [2.75, 3.05) is 6.61 Å². The van der Waals surface area contributed by atoms with Crippen LogP contribution in [0.25, 0.3) is 0 Å². The summed E-state index contributed by atoms with van der Waals surface area (Å²) in [6, 6.07) is 16.2. The van der Waals surface area contributed by atoms with E-state index in [4.69, 9.17) is 4.74 Å². The Morgan fingerprint density at radius 3 is 2.90 bits per heavy atom. The highest BCUT2D eigenvalue weighted by Gasteiger charge is 2.25. The van der Waals surface area contributed by atoms with Gasteiger partial charge >= 0.3 is 0 Å². The molecule has 0 saturated heterocycles. The van der Waals surface area contributed by atoms with Crippen LogP contribution in [0, 0.1) is 5.82 Å². The third kappa shape index (κ3) is 4.83. The molecular formula is C23H24FN3O2. The van der Waals surface area contributed by atoms with Crippen LogP contribution in [0.5, 0.6) is 5.75 Å². The number of amides is 1. The van der Waals surface area contributed by atoms with Gasteiger partial charge in [0, 0.05) is 17.3 Å². The number of carbonyl (C=O) groups excluding carboxylic acids is 1. The van der Waals surface area contributed by atoms with Gasteiger partial charge < -0.3 is 10.1 Å². The summed E-state index contributed by atoms with van der Waals surface area (Å²) in [5.41, 5.74) is 3.51. The van der Waals surface area contributed by atoms with E-state index in [9.17, 15) is 9.18 Å². The van der Waals surface area contributed by atoms with E-state index in [-0.39, 0.29) is 30.8 Å². The zero-order chi connectivity index (χ0) is 20.1. The van der Waals surface area contributed by atoms with Crippen LogP contribution >= 0.6 is 0 Å². The molecule has 1 atom stereocenters. The Morgan fingerprint density at radius 2 is 2.07 bits per heavy atom. The number of nitrogens with one attached hydrogen (secondary N) is 1. The van der Waals surface area contributed by atoms with Crippen molar-refractivity contribution in [3.63, 3.8) is 0 Å². The number of aromatic nitrogens is 2. The molecule has 0 saturated carbocycles. The summed E-state index contributed by atoms with van der Waals surface area (Å²) in [6.07, 6.45) is 4.99. The second-order valence-electron chi connectivity index (χ2n) is 7.26. The maximum absolute atomic E-state index is 13.2. The summed E-state index contributed by atoms with van der Waals surface area (Å²) in [5, 5.41) is 7.67. The molecule has 6 heteroatoms. The number of nitrogens with zero attached hydrogens (tertiary/aromatic N) is 2. The van der Waals surface area contributed by atoms with E-state index >= 15 is 0 Å². The molecule has 0 fully saturated rings. The van der Waals surface area contributed by atoms with Crippen molar-refractivity contribution in [1.82, 2.24) is 15.1 Å². The molecule has 0 aliphatic heterocycles. The molecular weight excluding hydrogens is 369 g/mol. The number of ether oxygens (including phenoxy) is 1. The van der Waals surface area contributed by atoms with Gasteiger partial charge in [0.2, 0.25) is 5.91 Å². The van der Waals surface area contributed by atoms with Crippen molar-refractivity contribution in [3.8, 4) is 5.75 Å². The largest absolute Gasteiger partial charge is 0.493 e. The van der Waals surface area contributed by atoms with Crippen LogP contribution in [-0.4, -0.2) is 22.3 Å². The molecule has 0 radical (unpaired) electrons. The first kappa shape index (κ1) is 19.2. The third-order valence-corrected chi connectivity index (χ3v) is 5.17. The SMILES string of the molecule is O=C(CCOc1cccc(F)c1)N[C@H]1CCCc2c1cnn2Cc1ccccc1. The lowest BCUT2D eigenvalue weighted by molar-refractivity contribution is -0.122. The molecule has 0 spiro atoms. The smallest absolute Gasteiger partial charge is 0.223 e. The van der Waals surface area contributed by atoms with Crippen LogP contribution in [0.3, 0.4) is 0 Å². The molecule has 1 aliphatic carbocycles. The molecule has 3 aromatic rings. The summed E-state index contributed by atoms with van der Waals surface area (Å²) in [6.45, 7) is 0.945. The molecule has 4 rings (SSSR count). The summed E-state index contributed by atoms with van der Waals surface area (Å²) in [7, 11) is 0. The first-order chi connectivity index (χ1) is 14.2. The van der Waals surface area contributed by atoms with E-state index in [1.54, 1.807) is 12.1 Å². The third-order valence-electron chi connectivity index (χ3n) is 5.17. The van der Waals surface area contributed by atoms with Crippen molar-refractivity contribution >= 4 is 5.91 Å². The standard InChI is InChI=1S/C23H24FN3O2/c24-18-8-4-9-19(14-18)29-13-12-23(28)26-21-10-5-11-22-20(21)15-25-27(22)16-17-6-2-1-3-7-17/h1-4,6-9,14-15,21H,5,10-13,16H2,(H,26,28)/t21-/m0/s1. The summed E-state index contributed by atoms with van der Waals surface area (Å²) >= 11 is 0. The van der Waals surface area contributed by atoms with Crippen LogP contribution in [0.15, 0.2) is 60.8 Å². The Balaban J connectivity index is 1.34. The van der Waals surface area contributed by atoms with Gasteiger partial charge in [0.05, 0.1) is 31.8 Å². The van der Waals surface area contributed by atoms with Crippen molar-refractivity contribution in [1.29, 1.82) is 0 Å². The van der Waals surface area contributed by atoms with E-state index in [2.05, 4.69) is 22.5 Å². The predicted molar refractivity (Wildman–Crippen MR) is 108 cm³/mol. The number of halogens is 1. The Bertz CT molecular complexity index is 971. The zero-order valence-corrected chi connectivity index (χ0v) is 16.2. The van der Waals surface area contributed by atoms with Gasteiger partial charge in [-0.05, 0) is 37.0 Å². The second kappa shape index (κ2) is 8.90. The Labute approximate surface area is 169 Å². The molecule has 1 N–H and O–H groups in total. The van der Waals surface area contributed by atoms with Gasteiger partial charge in [-0.25, -0.2) is 4.39 Å². The highest BCUT2D eigenvalue weighted by atomic mass is 19.1. The van der Waals surface area contributed by atoms with Gasteiger partial charge in [-0.2, -0.15) is 5.10 Å². The van der Waals surface area contributed by atoms with Gasteiger partial charge in [-0.15, -0.1) is 0 Å². The van der Waals surface area contributed by atoms with E-state index in [1.807, 2.05) is 29.1 Å². The monoisotopic (exact) mass is 393 g/mol. The Kier molecular flexibility index (Phi) is 5.89. The first-order valence-electron chi connectivity index (χ1n) is 9.95. The fourth-order valence-corrected chi connectivity index (χ4v) is 3.75. The Hall–Kier alpha value is -3.15. The van der Waals surface area contributed by atoms with Crippen LogP contribution in [0.1, 0.15) is 42.1 Å². The maximum Gasteiger partial charge on any atom is 0.223 e. The average Bonchev–Trinajstić information content (AvgIpc) is 3.13. The highest BCUT2D eigenvalue weighted by Crippen LogP contribution is 2.30. The van der Waals surface area contributed by atoms with Crippen LogP contribution in [-0.2, 0) is 17.8 Å². The quantitative estimate of drug-likeness (QED) is 0.659. The summed E-state index contributed by atoms with van der Waals surface area (Å²) in [4.78, 5) is 12.4. The zero-order valence-electron chi connectivity index (χ0n) is 16.2. The van der Waals surface area contributed by atoms with Crippen LogP contribution in [0.4, 0.5) is 4.39 Å². The van der Waals surface area contributed by atoms with E-state index in [0.29, 0.717) is 5.75 Å². The molecule has 2 aromatic carbocycles. The normalized spacial score (nSPS) is 15.6. The first-order valence-corrected chi connectivity index (χ1v) is 9.95.